The monoisotopic (exact) mass is 371 g/mol. The van der Waals surface area contributed by atoms with Crippen molar-refractivity contribution in [3.8, 4) is 5.69 Å². The van der Waals surface area contributed by atoms with Gasteiger partial charge in [-0.05, 0) is 38.5 Å². The zero-order valence-electron chi connectivity index (χ0n) is 12.2. The van der Waals surface area contributed by atoms with Gasteiger partial charge in [0.25, 0.3) is 0 Å². The molecule has 0 bridgehead atoms. The lowest BCUT2D eigenvalue weighted by atomic mass is 10.3. The standard InChI is InChI=1S/C15H19BrClN3O/c1-3-21-8-4-7-18-15-19-11(2)10-20(15)14-9-12(16)5-6-13(14)17/h5-6,9-10H,3-4,7-8H2,1-2H3,(H,18,19). The number of benzene rings is 1. The van der Waals surface area contributed by atoms with Crippen molar-refractivity contribution in [2.24, 2.45) is 0 Å². The third kappa shape index (κ3) is 4.46. The number of anilines is 1. The average molecular weight is 373 g/mol. The first kappa shape index (κ1) is 16.3. The van der Waals surface area contributed by atoms with E-state index >= 15 is 0 Å². The van der Waals surface area contributed by atoms with E-state index in [1.807, 2.05) is 42.8 Å². The van der Waals surface area contributed by atoms with Gasteiger partial charge in [-0.3, -0.25) is 4.57 Å². The summed E-state index contributed by atoms with van der Waals surface area (Å²) in [6.45, 7) is 6.27. The van der Waals surface area contributed by atoms with Gasteiger partial charge in [-0.25, -0.2) is 4.98 Å². The number of nitrogens with one attached hydrogen (secondary N) is 1. The summed E-state index contributed by atoms with van der Waals surface area (Å²) in [5.41, 5.74) is 1.84. The maximum absolute atomic E-state index is 6.30. The summed E-state index contributed by atoms with van der Waals surface area (Å²) in [7, 11) is 0. The molecule has 6 heteroatoms. The summed E-state index contributed by atoms with van der Waals surface area (Å²) in [4.78, 5) is 4.51. The van der Waals surface area contributed by atoms with Crippen LogP contribution in [0, 0.1) is 6.92 Å². The normalized spacial score (nSPS) is 10.9. The summed E-state index contributed by atoms with van der Waals surface area (Å²) in [5, 5.41) is 4.02. The first-order valence-electron chi connectivity index (χ1n) is 6.95. The number of halogens is 2. The van der Waals surface area contributed by atoms with E-state index < -0.39 is 0 Å². The lowest BCUT2D eigenvalue weighted by Gasteiger charge is -2.11. The number of hydrogen-bond acceptors (Lipinski definition) is 3. The van der Waals surface area contributed by atoms with E-state index in [1.165, 1.54) is 0 Å². The number of aromatic nitrogens is 2. The Bertz CT molecular complexity index is 601. The largest absolute Gasteiger partial charge is 0.382 e. The second-order valence-corrected chi connectivity index (χ2v) is 5.97. The maximum Gasteiger partial charge on any atom is 0.207 e. The van der Waals surface area contributed by atoms with Crippen molar-refractivity contribution in [3.05, 3.63) is 39.6 Å². The number of nitrogens with zero attached hydrogens (tertiary/aromatic N) is 2. The Kier molecular flexibility index (Phi) is 6.08. The number of rotatable bonds is 7. The molecule has 1 N–H and O–H groups in total. The van der Waals surface area contributed by atoms with Crippen LogP contribution in [-0.4, -0.2) is 29.3 Å². The van der Waals surface area contributed by atoms with Crippen LogP contribution in [0.5, 0.6) is 0 Å². The molecule has 0 saturated heterocycles. The summed E-state index contributed by atoms with van der Waals surface area (Å²) in [6.07, 6.45) is 2.91. The number of ether oxygens (including phenoxy) is 1. The highest BCUT2D eigenvalue weighted by Gasteiger charge is 2.10. The van der Waals surface area contributed by atoms with Crippen LogP contribution >= 0.6 is 27.5 Å². The molecule has 1 aromatic carbocycles. The van der Waals surface area contributed by atoms with Crippen LogP contribution in [0.25, 0.3) is 5.69 Å². The Hall–Kier alpha value is -1.04. The van der Waals surface area contributed by atoms with Gasteiger partial charge >= 0.3 is 0 Å². The van der Waals surface area contributed by atoms with Crippen LogP contribution in [0.2, 0.25) is 5.02 Å². The van der Waals surface area contributed by atoms with Crippen molar-refractivity contribution in [3.63, 3.8) is 0 Å². The SMILES string of the molecule is CCOCCCNc1nc(C)cn1-c1cc(Br)ccc1Cl. The van der Waals surface area contributed by atoms with E-state index in [4.69, 9.17) is 16.3 Å². The Morgan fingerprint density at radius 3 is 3.00 bits per heavy atom. The Balaban J connectivity index is 2.14. The van der Waals surface area contributed by atoms with E-state index in [-0.39, 0.29) is 0 Å². The minimum absolute atomic E-state index is 0.688. The second-order valence-electron chi connectivity index (χ2n) is 4.65. The molecule has 2 aromatic rings. The fourth-order valence-corrected chi connectivity index (χ4v) is 2.55. The van der Waals surface area contributed by atoms with Crippen LogP contribution in [0.15, 0.2) is 28.9 Å². The molecule has 0 spiro atoms. The third-order valence-electron chi connectivity index (χ3n) is 2.95. The molecule has 1 heterocycles. The van der Waals surface area contributed by atoms with Gasteiger partial charge in [0.2, 0.25) is 5.95 Å². The Labute approximate surface area is 138 Å². The van der Waals surface area contributed by atoms with Gasteiger partial charge in [-0.2, -0.15) is 0 Å². The number of imidazole rings is 1. The fraction of sp³-hybridized carbons (Fsp3) is 0.400. The average Bonchev–Trinajstić information content (AvgIpc) is 2.82. The molecule has 4 nitrogen and oxygen atoms in total. The summed E-state index contributed by atoms with van der Waals surface area (Å²) in [6, 6.07) is 5.77. The molecular formula is C15H19BrClN3O. The Morgan fingerprint density at radius 2 is 2.24 bits per heavy atom. The summed E-state index contributed by atoms with van der Waals surface area (Å²) < 4.78 is 8.29. The predicted molar refractivity (Wildman–Crippen MR) is 90.6 cm³/mol. The topological polar surface area (TPSA) is 39.1 Å². The quantitative estimate of drug-likeness (QED) is 0.731. The Morgan fingerprint density at radius 1 is 1.43 bits per heavy atom. The molecule has 0 aliphatic carbocycles. The van der Waals surface area contributed by atoms with Gasteiger partial charge in [0.05, 0.1) is 16.4 Å². The lowest BCUT2D eigenvalue weighted by Crippen LogP contribution is -2.10. The molecule has 0 aliphatic heterocycles. The van der Waals surface area contributed by atoms with Crippen molar-refractivity contribution in [2.75, 3.05) is 25.1 Å². The highest BCUT2D eigenvalue weighted by atomic mass is 79.9. The van der Waals surface area contributed by atoms with E-state index in [0.717, 1.165) is 48.0 Å². The molecule has 21 heavy (non-hydrogen) atoms. The van der Waals surface area contributed by atoms with Gasteiger partial charge < -0.3 is 10.1 Å². The zero-order chi connectivity index (χ0) is 15.2. The van der Waals surface area contributed by atoms with Crippen LogP contribution in [0.4, 0.5) is 5.95 Å². The van der Waals surface area contributed by atoms with Gasteiger partial charge in [0.15, 0.2) is 0 Å². The van der Waals surface area contributed by atoms with Crippen LogP contribution in [-0.2, 0) is 4.74 Å². The molecule has 114 valence electrons. The second kappa shape index (κ2) is 7.82. The van der Waals surface area contributed by atoms with Crippen molar-refractivity contribution in [1.29, 1.82) is 0 Å². The molecule has 0 amide bonds. The van der Waals surface area contributed by atoms with Crippen molar-refractivity contribution in [1.82, 2.24) is 9.55 Å². The highest BCUT2D eigenvalue weighted by Crippen LogP contribution is 2.27. The molecule has 0 radical (unpaired) electrons. The van der Waals surface area contributed by atoms with Crippen LogP contribution in [0.3, 0.4) is 0 Å². The number of aryl methyl sites for hydroxylation is 1. The van der Waals surface area contributed by atoms with E-state index in [1.54, 1.807) is 0 Å². The highest BCUT2D eigenvalue weighted by molar-refractivity contribution is 9.10. The molecule has 0 atom stereocenters. The molecule has 0 unspecified atom stereocenters. The van der Waals surface area contributed by atoms with Gasteiger partial charge in [0.1, 0.15) is 0 Å². The molecule has 0 fully saturated rings. The van der Waals surface area contributed by atoms with Crippen molar-refractivity contribution in [2.45, 2.75) is 20.3 Å². The third-order valence-corrected chi connectivity index (χ3v) is 3.76. The van der Waals surface area contributed by atoms with Crippen molar-refractivity contribution >= 4 is 33.5 Å². The molecule has 2 rings (SSSR count). The van der Waals surface area contributed by atoms with E-state index in [0.29, 0.717) is 5.02 Å². The maximum atomic E-state index is 6.30. The van der Waals surface area contributed by atoms with Gasteiger partial charge in [-0.15, -0.1) is 0 Å². The van der Waals surface area contributed by atoms with E-state index in [9.17, 15) is 0 Å². The smallest absolute Gasteiger partial charge is 0.207 e. The zero-order valence-corrected chi connectivity index (χ0v) is 14.5. The predicted octanol–water partition coefficient (Wildman–Crippen LogP) is 4.44. The van der Waals surface area contributed by atoms with Crippen molar-refractivity contribution < 1.29 is 4.74 Å². The minimum atomic E-state index is 0.688. The fourth-order valence-electron chi connectivity index (χ4n) is 2.00. The minimum Gasteiger partial charge on any atom is -0.382 e. The van der Waals surface area contributed by atoms with E-state index in [2.05, 4.69) is 26.2 Å². The first-order chi connectivity index (χ1) is 10.1. The lowest BCUT2D eigenvalue weighted by molar-refractivity contribution is 0.147. The van der Waals surface area contributed by atoms with Crippen LogP contribution < -0.4 is 5.32 Å². The summed E-state index contributed by atoms with van der Waals surface area (Å²) >= 11 is 9.77. The molecule has 1 aromatic heterocycles. The van der Waals surface area contributed by atoms with Crippen LogP contribution in [0.1, 0.15) is 19.0 Å². The van der Waals surface area contributed by atoms with Gasteiger partial charge in [-0.1, -0.05) is 27.5 Å². The molecule has 0 aliphatic rings. The van der Waals surface area contributed by atoms with Gasteiger partial charge in [0, 0.05) is 30.4 Å². The first-order valence-corrected chi connectivity index (χ1v) is 8.12. The number of hydrogen-bond donors (Lipinski definition) is 1. The molecule has 0 saturated carbocycles. The summed E-state index contributed by atoms with van der Waals surface area (Å²) in [5.74, 6) is 0.795. The molecular weight excluding hydrogens is 354 g/mol.